The van der Waals surface area contributed by atoms with Crippen molar-refractivity contribution >= 4 is 31.6 Å². The second kappa shape index (κ2) is 7.00. The topological polar surface area (TPSA) is 122 Å². The number of rotatable bonds is 6. The molecule has 11 heteroatoms. The average Bonchev–Trinajstić information content (AvgIpc) is 2.94. The number of sulfonamides is 2. The lowest BCUT2D eigenvalue weighted by atomic mass is 10.2. The van der Waals surface area contributed by atoms with Crippen LogP contribution in [0.25, 0.3) is 0 Å². The van der Waals surface area contributed by atoms with Crippen molar-refractivity contribution < 1.29 is 26.4 Å². The summed E-state index contributed by atoms with van der Waals surface area (Å²) in [5.41, 5.74) is 1.20. The Morgan fingerprint density at radius 2 is 1.88 bits per heavy atom. The van der Waals surface area contributed by atoms with Gasteiger partial charge >= 0.3 is 0 Å². The van der Waals surface area contributed by atoms with Crippen LogP contribution in [0.2, 0.25) is 0 Å². The molecule has 2 aliphatic rings. The van der Waals surface area contributed by atoms with Crippen molar-refractivity contribution in [3.63, 3.8) is 0 Å². The van der Waals surface area contributed by atoms with E-state index in [0.29, 0.717) is 24.5 Å². The zero-order chi connectivity index (χ0) is 18.1. The molecule has 2 N–H and O–H groups in total. The number of nitrogens with zero attached hydrogens (tertiary/aromatic N) is 1. The average molecular weight is 389 g/mol. The van der Waals surface area contributed by atoms with Gasteiger partial charge < -0.3 is 10.1 Å². The summed E-state index contributed by atoms with van der Waals surface area (Å²) < 4.78 is 57.8. The highest BCUT2D eigenvalue weighted by Gasteiger charge is 2.26. The second-order valence-electron chi connectivity index (χ2n) is 5.77. The molecule has 2 heterocycles. The highest BCUT2D eigenvalue weighted by molar-refractivity contribution is 7.90. The first-order valence-corrected chi connectivity index (χ1v) is 10.9. The normalized spacial score (nSPS) is 18.8. The van der Waals surface area contributed by atoms with Gasteiger partial charge in [-0.15, -0.1) is 0 Å². The van der Waals surface area contributed by atoms with Crippen LogP contribution in [0, 0.1) is 0 Å². The van der Waals surface area contributed by atoms with Gasteiger partial charge in [0.2, 0.25) is 26.0 Å². The number of carbonyl (C=O) groups excluding carboxylic acids is 1. The van der Waals surface area contributed by atoms with Crippen LogP contribution in [0.3, 0.4) is 0 Å². The van der Waals surface area contributed by atoms with Crippen molar-refractivity contribution in [3.8, 4) is 0 Å². The van der Waals surface area contributed by atoms with E-state index in [-0.39, 0.29) is 42.6 Å². The van der Waals surface area contributed by atoms with Crippen molar-refractivity contribution in [2.75, 3.05) is 43.9 Å². The lowest BCUT2D eigenvalue weighted by Gasteiger charge is -2.26. The van der Waals surface area contributed by atoms with Crippen molar-refractivity contribution in [2.45, 2.75) is 11.3 Å². The Labute approximate surface area is 146 Å². The minimum Gasteiger partial charge on any atom is -0.379 e. The number of hydrogen-bond acceptors (Lipinski definition) is 6. The Morgan fingerprint density at radius 1 is 1.16 bits per heavy atom. The summed E-state index contributed by atoms with van der Waals surface area (Å²) in [6, 6.07) is 4.33. The van der Waals surface area contributed by atoms with Crippen LogP contribution in [0.4, 0.5) is 5.69 Å². The van der Waals surface area contributed by atoms with Crippen LogP contribution in [-0.4, -0.2) is 65.6 Å². The number of anilines is 1. The predicted molar refractivity (Wildman–Crippen MR) is 90.1 cm³/mol. The maximum absolute atomic E-state index is 12.3. The van der Waals surface area contributed by atoms with Crippen molar-refractivity contribution in [2.24, 2.45) is 0 Å². The zero-order valence-electron chi connectivity index (χ0n) is 13.4. The van der Waals surface area contributed by atoms with Gasteiger partial charge in [-0.3, -0.25) is 4.79 Å². The summed E-state index contributed by atoms with van der Waals surface area (Å²) >= 11 is 0. The number of ether oxygens (including phenoxy) is 1. The molecule has 2 aliphatic heterocycles. The van der Waals surface area contributed by atoms with E-state index in [1.165, 1.54) is 22.5 Å². The molecule has 1 aromatic rings. The highest BCUT2D eigenvalue weighted by atomic mass is 32.2. The van der Waals surface area contributed by atoms with Gasteiger partial charge in [0.25, 0.3) is 0 Å². The van der Waals surface area contributed by atoms with Gasteiger partial charge in [-0.25, -0.2) is 21.6 Å². The van der Waals surface area contributed by atoms with Crippen LogP contribution in [0.1, 0.15) is 5.56 Å². The fourth-order valence-corrected chi connectivity index (χ4v) is 5.25. The van der Waals surface area contributed by atoms with Crippen molar-refractivity contribution in [3.05, 3.63) is 23.8 Å². The Bertz CT molecular complexity index is 876. The van der Waals surface area contributed by atoms with E-state index >= 15 is 0 Å². The quantitative estimate of drug-likeness (QED) is 0.652. The number of amides is 1. The number of benzene rings is 1. The molecule has 0 bridgehead atoms. The predicted octanol–water partition coefficient (Wildman–Crippen LogP) is -0.878. The third-order valence-electron chi connectivity index (χ3n) is 4.03. The smallest absolute Gasteiger partial charge is 0.240 e. The first kappa shape index (κ1) is 18.3. The van der Waals surface area contributed by atoms with Crippen molar-refractivity contribution in [1.82, 2.24) is 9.03 Å². The van der Waals surface area contributed by atoms with E-state index in [0.717, 1.165) is 0 Å². The molecule has 25 heavy (non-hydrogen) atoms. The molecule has 0 radical (unpaired) electrons. The van der Waals surface area contributed by atoms with Gasteiger partial charge in [0.15, 0.2) is 0 Å². The van der Waals surface area contributed by atoms with Gasteiger partial charge in [-0.05, 0) is 23.8 Å². The summed E-state index contributed by atoms with van der Waals surface area (Å²) in [6.45, 7) is 1.01. The molecule has 0 aromatic heterocycles. The minimum atomic E-state index is -3.85. The molecule has 0 atom stereocenters. The van der Waals surface area contributed by atoms with E-state index in [2.05, 4.69) is 10.0 Å². The summed E-state index contributed by atoms with van der Waals surface area (Å²) in [7, 11) is -7.38. The Hall–Kier alpha value is -1.53. The number of nitrogens with one attached hydrogen (secondary N) is 2. The SMILES string of the molecule is O=C1Cc2cc(S(=O)(=O)NCCS(=O)(=O)N3CCOCC3)ccc2N1. The molecule has 1 aromatic carbocycles. The third kappa shape index (κ3) is 4.18. The van der Waals surface area contributed by atoms with Crippen LogP contribution in [-0.2, 0) is 36.0 Å². The molecule has 0 spiro atoms. The van der Waals surface area contributed by atoms with E-state index in [1.807, 2.05) is 0 Å². The fraction of sp³-hybridized carbons (Fsp3) is 0.500. The first-order chi connectivity index (χ1) is 11.8. The van der Waals surface area contributed by atoms with E-state index in [4.69, 9.17) is 4.74 Å². The Morgan fingerprint density at radius 3 is 2.60 bits per heavy atom. The number of morpholine rings is 1. The molecule has 3 rings (SSSR count). The third-order valence-corrected chi connectivity index (χ3v) is 7.36. The van der Waals surface area contributed by atoms with Gasteiger partial charge in [0.1, 0.15) is 0 Å². The number of carbonyl (C=O) groups is 1. The standard InChI is InChI=1S/C14H19N3O6S2/c18-14-10-11-9-12(1-2-13(11)16-14)25(21,22)15-3-8-24(19,20)17-4-6-23-7-5-17/h1-2,9,15H,3-8,10H2,(H,16,18). The Kier molecular flexibility index (Phi) is 5.11. The lowest BCUT2D eigenvalue weighted by Crippen LogP contribution is -2.43. The molecule has 1 saturated heterocycles. The zero-order valence-corrected chi connectivity index (χ0v) is 15.0. The molecule has 1 fully saturated rings. The van der Waals surface area contributed by atoms with Crippen LogP contribution >= 0.6 is 0 Å². The molecular formula is C14H19N3O6S2. The molecule has 0 unspecified atom stereocenters. The largest absolute Gasteiger partial charge is 0.379 e. The molecule has 1 amide bonds. The maximum Gasteiger partial charge on any atom is 0.240 e. The van der Waals surface area contributed by atoms with Crippen LogP contribution in [0.15, 0.2) is 23.1 Å². The second-order valence-corrected chi connectivity index (χ2v) is 9.62. The minimum absolute atomic E-state index is 0.00604. The maximum atomic E-state index is 12.3. The van der Waals surface area contributed by atoms with E-state index < -0.39 is 20.0 Å². The molecule has 0 saturated carbocycles. The highest BCUT2D eigenvalue weighted by Crippen LogP contribution is 2.25. The number of hydrogen-bond donors (Lipinski definition) is 2. The van der Waals surface area contributed by atoms with Crippen molar-refractivity contribution in [1.29, 1.82) is 0 Å². The fourth-order valence-electron chi connectivity index (χ4n) is 2.72. The molecular weight excluding hydrogens is 370 g/mol. The summed E-state index contributed by atoms with van der Waals surface area (Å²) in [5.74, 6) is -0.508. The summed E-state index contributed by atoms with van der Waals surface area (Å²) in [5, 5.41) is 2.63. The van der Waals surface area contributed by atoms with E-state index in [9.17, 15) is 21.6 Å². The summed E-state index contributed by atoms with van der Waals surface area (Å²) in [6.07, 6.45) is 0.129. The van der Waals surface area contributed by atoms with Crippen LogP contribution in [0.5, 0.6) is 0 Å². The monoisotopic (exact) mass is 389 g/mol. The molecule has 138 valence electrons. The number of fused-ring (bicyclic) bond motifs is 1. The van der Waals surface area contributed by atoms with Gasteiger partial charge in [-0.2, -0.15) is 4.31 Å². The van der Waals surface area contributed by atoms with Gasteiger partial charge in [0, 0.05) is 25.3 Å². The van der Waals surface area contributed by atoms with Gasteiger partial charge in [-0.1, -0.05) is 0 Å². The van der Waals surface area contributed by atoms with Gasteiger partial charge in [0.05, 0.1) is 30.3 Å². The molecule has 9 nitrogen and oxygen atoms in total. The van der Waals surface area contributed by atoms with Crippen LogP contribution < -0.4 is 10.0 Å². The first-order valence-electron chi connectivity index (χ1n) is 7.76. The Balaban J connectivity index is 1.62. The van der Waals surface area contributed by atoms with E-state index in [1.54, 1.807) is 0 Å². The lowest BCUT2D eigenvalue weighted by molar-refractivity contribution is -0.115. The molecule has 0 aliphatic carbocycles. The summed E-state index contributed by atoms with van der Waals surface area (Å²) in [4.78, 5) is 11.3.